The first-order chi connectivity index (χ1) is 9.15. The van der Waals surface area contributed by atoms with Gasteiger partial charge in [0.05, 0.1) is 6.10 Å². The number of rotatable bonds is 5. The van der Waals surface area contributed by atoms with E-state index in [9.17, 15) is 8.78 Å². The number of pyridine rings is 1. The number of aromatic nitrogens is 1. The Balaban J connectivity index is 2.03. The van der Waals surface area contributed by atoms with Gasteiger partial charge in [0.15, 0.2) is 23.3 Å². The molecule has 2 heterocycles. The average Bonchev–Trinajstić information content (AvgIpc) is 2.85. The van der Waals surface area contributed by atoms with Crippen molar-refractivity contribution in [2.45, 2.75) is 25.9 Å². The first-order valence-electron chi connectivity index (χ1n) is 6.55. The van der Waals surface area contributed by atoms with Gasteiger partial charge in [-0.05, 0) is 12.8 Å². The lowest BCUT2D eigenvalue weighted by Crippen LogP contribution is -2.23. The highest BCUT2D eigenvalue weighted by atomic mass is 19.1. The molecule has 1 aliphatic rings. The van der Waals surface area contributed by atoms with E-state index in [-0.39, 0.29) is 17.7 Å². The van der Waals surface area contributed by atoms with Gasteiger partial charge in [-0.3, -0.25) is 0 Å². The second-order valence-electron chi connectivity index (χ2n) is 4.65. The lowest BCUT2D eigenvalue weighted by atomic mass is 10.00. The van der Waals surface area contributed by atoms with E-state index in [1.54, 1.807) is 7.05 Å². The molecule has 0 saturated carbocycles. The van der Waals surface area contributed by atoms with Crippen LogP contribution in [0.1, 0.15) is 19.8 Å². The van der Waals surface area contributed by atoms with Gasteiger partial charge in [0.25, 0.3) is 0 Å². The minimum atomic E-state index is -0.693. The predicted octanol–water partition coefficient (Wildman–Crippen LogP) is 2.63. The molecule has 0 aliphatic carbocycles. The minimum Gasteiger partial charge on any atom is -0.378 e. The molecule has 2 atom stereocenters. The molecule has 1 aromatic rings. The largest absolute Gasteiger partial charge is 0.378 e. The summed E-state index contributed by atoms with van der Waals surface area (Å²) in [5.41, 5.74) is 0. The quantitative estimate of drug-likeness (QED) is 0.864. The van der Waals surface area contributed by atoms with Crippen molar-refractivity contribution in [2.75, 3.05) is 30.8 Å². The van der Waals surface area contributed by atoms with Crippen molar-refractivity contribution in [2.24, 2.45) is 5.92 Å². The molecule has 0 bridgehead atoms. The lowest BCUT2D eigenvalue weighted by Gasteiger charge is -2.18. The van der Waals surface area contributed by atoms with E-state index < -0.39 is 11.6 Å². The van der Waals surface area contributed by atoms with E-state index in [4.69, 9.17) is 4.74 Å². The van der Waals surface area contributed by atoms with Crippen LogP contribution in [0.4, 0.5) is 20.4 Å². The molecule has 0 spiro atoms. The van der Waals surface area contributed by atoms with Crippen molar-refractivity contribution in [3.8, 4) is 0 Å². The summed E-state index contributed by atoms with van der Waals surface area (Å²) in [5.74, 6) is -0.912. The van der Waals surface area contributed by atoms with E-state index in [0.717, 1.165) is 25.5 Å². The Bertz CT molecular complexity index is 442. The highest BCUT2D eigenvalue weighted by Gasteiger charge is 2.26. The Labute approximate surface area is 111 Å². The van der Waals surface area contributed by atoms with Crippen LogP contribution in [0, 0.1) is 17.6 Å². The van der Waals surface area contributed by atoms with Crippen molar-refractivity contribution < 1.29 is 13.5 Å². The maximum Gasteiger partial charge on any atom is 0.168 e. The molecular formula is C13H19F2N3O. The first-order valence-corrected chi connectivity index (χ1v) is 6.55. The number of halogens is 2. The number of hydrogen-bond donors (Lipinski definition) is 2. The van der Waals surface area contributed by atoms with Crippen LogP contribution in [0.3, 0.4) is 0 Å². The minimum absolute atomic E-state index is 0.0404. The first kappa shape index (κ1) is 14.0. The Hall–Kier alpha value is -1.43. The molecule has 1 saturated heterocycles. The maximum absolute atomic E-state index is 13.6. The summed E-state index contributed by atoms with van der Waals surface area (Å²) >= 11 is 0. The van der Waals surface area contributed by atoms with Gasteiger partial charge in [-0.2, -0.15) is 0 Å². The normalized spacial score (nSPS) is 22.5. The van der Waals surface area contributed by atoms with E-state index in [1.165, 1.54) is 0 Å². The zero-order chi connectivity index (χ0) is 13.8. The lowest BCUT2D eigenvalue weighted by molar-refractivity contribution is 0.0900. The Morgan fingerprint density at radius 3 is 2.79 bits per heavy atom. The van der Waals surface area contributed by atoms with Crippen LogP contribution in [-0.2, 0) is 4.74 Å². The number of ether oxygens (including phenoxy) is 1. The van der Waals surface area contributed by atoms with Crippen molar-refractivity contribution in [3.05, 3.63) is 17.7 Å². The molecule has 19 heavy (non-hydrogen) atoms. The fourth-order valence-corrected chi connectivity index (χ4v) is 2.37. The van der Waals surface area contributed by atoms with Gasteiger partial charge in [0.2, 0.25) is 0 Å². The summed E-state index contributed by atoms with van der Waals surface area (Å²) in [6.07, 6.45) is 2.10. The summed E-state index contributed by atoms with van der Waals surface area (Å²) in [5, 5.41) is 5.54. The van der Waals surface area contributed by atoms with Gasteiger partial charge in [-0.15, -0.1) is 0 Å². The van der Waals surface area contributed by atoms with Gasteiger partial charge >= 0.3 is 0 Å². The predicted molar refractivity (Wildman–Crippen MR) is 70.3 cm³/mol. The highest BCUT2D eigenvalue weighted by molar-refractivity contribution is 5.47. The van der Waals surface area contributed by atoms with Crippen molar-refractivity contribution in [1.82, 2.24) is 4.98 Å². The van der Waals surface area contributed by atoms with Gasteiger partial charge in [-0.25, -0.2) is 13.8 Å². The molecule has 0 amide bonds. The third kappa shape index (κ3) is 3.12. The van der Waals surface area contributed by atoms with Gasteiger partial charge in [0, 0.05) is 32.2 Å². The molecule has 4 nitrogen and oxygen atoms in total. The molecular weight excluding hydrogens is 252 g/mol. The van der Waals surface area contributed by atoms with E-state index in [1.807, 2.05) is 0 Å². The average molecular weight is 271 g/mol. The second kappa shape index (κ2) is 6.14. The van der Waals surface area contributed by atoms with E-state index in [2.05, 4.69) is 22.5 Å². The number of anilines is 2. The molecule has 2 unspecified atom stereocenters. The highest BCUT2D eigenvalue weighted by Crippen LogP contribution is 2.25. The smallest absolute Gasteiger partial charge is 0.168 e. The third-order valence-electron chi connectivity index (χ3n) is 3.45. The van der Waals surface area contributed by atoms with Crippen molar-refractivity contribution >= 4 is 11.6 Å². The summed E-state index contributed by atoms with van der Waals surface area (Å²) in [4.78, 5) is 3.89. The van der Waals surface area contributed by atoms with Crippen LogP contribution >= 0.6 is 0 Å². The molecule has 1 fully saturated rings. The van der Waals surface area contributed by atoms with Crippen LogP contribution in [0.15, 0.2) is 6.07 Å². The van der Waals surface area contributed by atoms with Crippen LogP contribution < -0.4 is 10.6 Å². The van der Waals surface area contributed by atoms with Crippen molar-refractivity contribution in [3.63, 3.8) is 0 Å². The van der Waals surface area contributed by atoms with Crippen LogP contribution in [0.5, 0.6) is 0 Å². The topological polar surface area (TPSA) is 46.2 Å². The van der Waals surface area contributed by atoms with Gasteiger partial charge < -0.3 is 15.4 Å². The van der Waals surface area contributed by atoms with Gasteiger partial charge in [-0.1, -0.05) is 6.92 Å². The molecule has 2 rings (SSSR count). The molecule has 0 aromatic carbocycles. The number of nitrogens with one attached hydrogen (secondary N) is 2. The Kier molecular flexibility index (Phi) is 4.52. The number of nitrogens with zero attached hydrogens (tertiary/aromatic N) is 1. The SMILES string of the molecule is CCC1OCCC1CNc1nc(NC)c(F)cc1F. The zero-order valence-electron chi connectivity index (χ0n) is 11.2. The second-order valence-corrected chi connectivity index (χ2v) is 4.65. The monoisotopic (exact) mass is 271 g/mol. The van der Waals surface area contributed by atoms with Crippen LogP contribution in [0.25, 0.3) is 0 Å². The molecule has 1 aliphatic heterocycles. The Morgan fingerprint density at radius 2 is 2.11 bits per heavy atom. The summed E-state index contributed by atoms with van der Waals surface area (Å²) in [6, 6.07) is 0.837. The fourth-order valence-electron chi connectivity index (χ4n) is 2.37. The van der Waals surface area contributed by atoms with Crippen LogP contribution in [0.2, 0.25) is 0 Å². The summed E-state index contributed by atoms with van der Waals surface area (Å²) < 4.78 is 32.4. The summed E-state index contributed by atoms with van der Waals surface area (Å²) in [6.45, 7) is 3.39. The molecule has 2 N–H and O–H groups in total. The number of hydrogen-bond acceptors (Lipinski definition) is 4. The molecule has 1 aromatic heterocycles. The van der Waals surface area contributed by atoms with E-state index >= 15 is 0 Å². The van der Waals surface area contributed by atoms with E-state index in [0.29, 0.717) is 12.5 Å². The standard InChI is InChI=1S/C13H19F2N3O/c1-3-11-8(4-5-19-11)7-17-13-10(15)6-9(14)12(16-2)18-13/h6,8,11H,3-5,7H2,1-2H3,(H2,16,17,18). The maximum atomic E-state index is 13.6. The third-order valence-corrected chi connectivity index (χ3v) is 3.45. The fraction of sp³-hybridized carbons (Fsp3) is 0.615. The molecule has 0 radical (unpaired) electrons. The molecule has 6 heteroatoms. The van der Waals surface area contributed by atoms with Crippen LogP contribution in [-0.4, -0.2) is 31.3 Å². The summed E-state index contributed by atoms with van der Waals surface area (Å²) in [7, 11) is 1.55. The Morgan fingerprint density at radius 1 is 1.37 bits per heavy atom. The van der Waals surface area contributed by atoms with Crippen molar-refractivity contribution in [1.29, 1.82) is 0 Å². The van der Waals surface area contributed by atoms with Gasteiger partial charge in [0.1, 0.15) is 0 Å². The molecule has 106 valence electrons. The zero-order valence-corrected chi connectivity index (χ0v) is 11.2.